The zero-order valence-corrected chi connectivity index (χ0v) is 9.53. The molecule has 0 aliphatic carbocycles. The SMILES string of the molecule is CC=CCN1CCNCC1C(=O)OCC. The van der Waals surface area contributed by atoms with E-state index < -0.39 is 0 Å². The molecule has 1 saturated heterocycles. The van der Waals surface area contributed by atoms with E-state index in [1.54, 1.807) is 0 Å². The molecule has 1 aliphatic heterocycles. The molecule has 0 aromatic heterocycles. The fourth-order valence-electron chi connectivity index (χ4n) is 1.68. The lowest BCUT2D eigenvalue weighted by Gasteiger charge is -2.33. The molecule has 4 nitrogen and oxygen atoms in total. The lowest BCUT2D eigenvalue weighted by molar-refractivity contribution is -0.149. The molecule has 15 heavy (non-hydrogen) atoms. The molecule has 1 rings (SSSR count). The summed E-state index contributed by atoms with van der Waals surface area (Å²) in [5.74, 6) is -0.116. The van der Waals surface area contributed by atoms with Crippen LogP contribution >= 0.6 is 0 Å². The molecule has 4 heteroatoms. The Hall–Kier alpha value is -0.870. The van der Waals surface area contributed by atoms with Gasteiger partial charge >= 0.3 is 5.97 Å². The summed E-state index contributed by atoms with van der Waals surface area (Å²) in [6, 6.07) is -0.130. The second-order valence-electron chi connectivity index (χ2n) is 3.54. The molecule has 0 saturated carbocycles. The molecular formula is C11H20N2O2. The van der Waals surface area contributed by atoms with E-state index in [1.807, 2.05) is 19.9 Å². The minimum Gasteiger partial charge on any atom is -0.465 e. The summed E-state index contributed by atoms with van der Waals surface area (Å²) < 4.78 is 5.05. The Bertz CT molecular complexity index is 229. The molecule has 1 N–H and O–H groups in total. The second-order valence-corrected chi connectivity index (χ2v) is 3.54. The van der Waals surface area contributed by atoms with Crippen molar-refractivity contribution in [2.75, 3.05) is 32.8 Å². The quantitative estimate of drug-likeness (QED) is 0.541. The minimum atomic E-state index is -0.130. The first-order chi connectivity index (χ1) is 7.29. The summed E-state index contributed by atoms with van der Waals surface area (Å²) in [6.07, 6.45) is 4.07. The summed E-state index contributed by atoms with van der Waals surface area (Å²) in [6.45, 7) is 7.62. The fraction of sp³-hybridized carbons (Fsp3) is 0.727. The summed E-state index contributed by atoms with van der Waals surface area (Å²) in [5.41, 5.74) is 0. The fourth-order valence-corrected chi connectivity index (χ4v) is 1.68. The first kappa shape index (κ1) is 12.2. The Morgan fingerprint density at radius 2 is 2.47 bits per heavy atom. The summed E-state index contributed by atoms with van der Waals surface area (Å²) in [5, 5.41) is 3.21. The molecule has 0 aromatic carbocycles. The molecule has 1 fully saturated rings. The third-order valence-electron chi connectivity index (χ3n) is 2.49. The van der Waals surface area contributed by atoms with Gasteiger partial charge in [-0.2, -0.15) is 0 Å². The van der Waals surface area contributed by atoms with Gasteiger partial charge in [0.15, 0.2) is 0 Å². The van der Waals surface area contributed by atoms with E-state index in [-0.39, 0.29) is 12.0 Å². The van der Waals surface area contributed by atoms with Gasteiger partial charge in [0, 0.05) is 26.2 Å². The molecule has 0 radical (unpaired) electrons. The van der Waals surface area contributed by atoms with Crippen LogP contribution in [-0.2, 0) is 9.53 Å². The van der Waals surface area contributed by atoms with Gasteiger partial charge in [0.2, 0.25) is 0 Å². The van der Waals surface area contributed by atoms with Crippen LogP contribution in [0.3, 0.4) is 0 Å². The summed E-state index contributed by atoms with van der Waals surface area (Å²) >= 11 is 0. The number of nitrogens with one attached hydrogen (secondary N) is 1. The van der Waals surface area contributed by atoms with E-state index in [0.29, 0.717) is 13.2 Å². The van der Waals surface area contributed by atoms with Crippen molar-refractivity contribution in [3.8, 4) is 0 Å². The van der Waals surface area contributed by atoms with Crippen LogP contribution in [-0.4, -0.2) is 49.7 Å². The molecule has 0 amide bonds. The van der Waals surface area contributed by atoms with Gasteiger partial charge in [0.1, 0.15) is 6.04 Å². The van der Waals surface area contributed by atoms with Crippen LogP contribution in [0.4, 0.5) is 0 Å². The third kappa shape index (κ3) is 3.64. The molecule has 1 heterocycles. The van der Waals surface area contributed by atoms with Crippen LogP contribution in [0.25, 0.3) is 0 Å². The molecule has 1 unspecified atom stereocenters. The van der Waals surface area contributed by atoms with Crippen LogP contribution in [0.15, 0.2) is 12.2 Å². The molecule has 86 valence electrons. The molecule has 0 bridgehead atoms. The van der Waals surface area contributed by atoms with Crippen molar-refractivity contribution < 1.29 is 9.53 Å². The Morgan fingerprint density at radius 1 is 1.67 bits per heavy atom. The number of ether oxygens (including phenoxy) is 1. The normalized spacial score (nSPS) is 23.2. The Balaban J connectivity index is 2.52. The van der Waals surface area contributed by atoms with Crippen molar-refractivity contribution in [1.82, 2.24) is 10.2 Å². The highest BCUT2D eigenvalue weighted by atomic mass is 16.5. The summed E-state index contributed by atoms with van der Waals surface area (Å²) in [4.78, 5) is 13.8. The zero-order chi connectivity index (χ0) is 11.1. The number of nitrogens with zero attached hydrogens (tertiary/aromatic N) is 1. The maximum atomic E-state index is 11.6. The first-order valence-electron chi connectivity index (χ1n) is 5.52. The molecular weight excluding hydrogens is 192 g/mol. The van der Waals surface area contributed by atoms with Crippen molar-refractivity contribution in [3.63, 3.8) is 0 Å². The van der Waals surface area contributed by atoms with Gasteiger partial charge in [-0.3, -0.25) is 9.69 Å². The van der Waals surface area contributed by atoms with E-state index >= 15 is 0 Å². The smallest absolute Gasteiger partial charge is 0.324 e. The van der Waals surface area contributed by atoms with E-state index in [9.17, 15) is 4.79 Å². The average Bonchev–Trinajstić information content (AvgIpc) is 2.27. The van der Waals surface area contributed by atoms with E-state index in [1.165, 1.54) is 0 Å². The monoisotopic (exact) mass is 212 g/mol. The highest BCUT2D eigenvalue weighted by Gasteiger charge is 2.28. The molecule has 1 aliphatic rings. The number of piperazine rings is 1. The van der Waals surface area contributed by atoms with Crippen molar-refractivity contribution in [1.29, 1.82) is 0 Å². The molecule has 0 aromatic rings. The van der Waals surface area contributed by atoms with Crippen LogP contribution in [0.2, 0.25) is 0 Å². The lowest BCUT2D eigenvalue weighted by Crippen LogP contribution is -2.55. The van der Waals surface area contributed by atoms with Crippen LogP contribution in [0.5, 0.6) is 0 Å². The topological polar surface area (TPSA) is 41.6 Å². The molecule has 0 spiro atoms. The van der Waals surface area contributed by atoms with Crippen LogP contribution < -0.4 is 5.32 Å². The number of hydrogen-bond acceptors (Lipinski definition) is 4. The maximum Gasteiger partial charge on any atom is 0.324 e. The van der Waals surface area contributed by atoms with Gasteiger partial charge < -0.3 is 10.1 Å². The maximum absolute atomic E-state index is 11.6. The van der Waals surface area contributed by atoms with E-state index in [4.69, 9.17) is 4.74 Å². The highest BCUT2D eigenvalue weighted by molar-refractivity contribution is 5.76. The van der Waals surface area contributed by atoms with Crippen molar-refractivity contribution in [3.05, 3.63) is 12.2 Å². The van der Waals surface area contributed by atoms with Gasteiger partial charge in [-0.05, 0) is 13.8 Å². The number of carbonyl (C=O) groups is 1. The second kappa shape index (κ2) is 6.58. The Kier molecular flexibility index (Phi) is 5.36. The van der Waals surface area contributed by atoms with E-state index in [0.717, 1.165) is 19.6 Å². The van der Waals surface area contributed by atoms with E-state index in [2.05, 4.69) is 16.3 Å². The van der Waals surface area contributed by atoms with Gasteiger partial charge in [-0.15, -0.1) is 0 Å². The first-order valence-corrected chi connectivity index (χ1v) is 5.52. The Labute approximate surface area is 91.3 Å². The average molecular weight is 212 g/mol. The van der Waals surface area contributed by atoms with Crippen LogP contribution in [0.1, 0.15) is 13.8 Å². The van der Waals surface area contributed by atoms with Gasteiger partial charge in [-0.1, -0.05) is 12.2 Å². The van der Waals surface area contributed by atoms with Gasteiger partial charge in [0.25, 0.3) is 0 Å². The zero-order valence-electron chi connectivity index (χ0n) is 9.53. The van der Waals surface area contributed by atoms with Gasteiger partial charge in [-0.25, -0.2) is 0 Å². The van der Waals surface area contributed by atoms with Crippen molar-refractivity contribution in [2.45, 2.75) is 19.9 Å². The number of esters is 1. The number of rotatable bonds is 4. The van der Waals surface area contributed by atoms with Crippen LogP contribution in [0, 0.1) is 0 Å². The number of allylic oxidation sites excluding steroid dienone is 1. The molecule has 1 atom stereocenters. The number of hydrogen-bond donors (Lipinski definition) is 1. The third-order valence-corrected chi connectivity index (χ3v) is 2.49. The standard InChI is InChI=1S/C11H20N2O2/c1-3-5-7-13-8-6-12-9-10(13)11(14)15-4-2/h3,5,10,12H,4,6-9H2,1-2H3. The van der Waals surface area contributed by atoms with Crippen molar-refractivity contribution >= 4 is 5.97 Å². The Morgan fingerprint density at radius 3 is 3.13 bits per heavy atom. The summed E-state index contributed by atoms with van der Waals surface area (Å²) in [7, 11) is 0. The minimum absolute atomic E-state index is 0.116. The van der Waals surface area contributed by atoms with Crippen molar-refractivity contribution in [2.24, 2.45) is 0 Å². The largest absolute Gasteiger partial charge is 0.465 e. The highest BCUT2D eigenvalue weighted by Crippen LogP contribution is 2.05. The number of carbonyl (C=O) groups excluding carboxylic acids is 1. The predicted octanol–water partition coefficient (Wildman–Crippen LogP) is 0.399. The predicted molar refractivity (Wildman–Crippen MR) is 59.7 cm³/mol. The van der Waals surface area contributed by atoms with Gasteiger partial charge in [0.05, 0.1) is 6.61 Å². The lowest BCUT2D eigenvalue weighted by atomic mass is 10.2.